The summed E-state index contributed by atoms with van der Waals surface area (Å²) in [5, 5.41) is 25.4. The van der Waals surface area contributed by atoms with E-state index < -0.39 is 17.9 Å². The van der Waals surface area contributed by atoms with Gasteiger partial charge in [0.1, 0.15) is 11.9 Å². The van der Waals surface area contributed by atoms with Crippen LogP contribution in [0, 0.1) is 0 Å². The Hall–Kier alpha value is -2.67. The van der Waals surface area contributed by atoms with Crippen LogP contribution in [0.15, 0.2) is 71.3 Å². The van der Waals surface area contributed by atoms with Gasteiger partial charge in [0.05, 0.1) is 24.9 Å². The molecule has 42 heavy (non-hydrogen) atoms. The Bertz CT molecular complexity index is 1520. The fourth-order valence-electron chi connectivity index (χ4n) is 6.06. The molecule has 3 aromatic rings. The van der Waals surface area contributed by atoms with E-state index in [9.17, 15) is 14.7 Å². The minimum atomic E-state index is -0.773. The molecule has 1 amide bonds. The zero-order valence-electron chi connectivity index (χ0n) is 24.7. The van der Waals surface area contributed by atoms with Gasteiger partial charge in [-0.2, -0.15) is 5.21 Å². The van der Waals surface area contributed by atoms with Gasteiger partial charge in [0.15, 0.2) is 5.57 Å². The quantitative estimate of drug-likeness (QED) is 0.244. The summed E-state index contributed by atoms with van der Waals surface area (Å²) in [6, 6.07) is 15.7. The first-order chi connectivity index (χ1) is 19.4. The van der Waals surface area contributed by atoms with Crippen molar-refractivity contribution in [2.45, 2.75) is 45.3 Å². The standard InChI is InChI=1S/C29H31N7O4.2Na/c1-4-8-24-34(3)21-15-22-26(37)25(29(39)40-5-2)28(38)35(22)16-23(21)36(24)18-13-11-17(12-14-18)19-9-6-7-10-20(19)27-30-32-33-31-27;;/h6-7,9-14,22,24,37H,4-5,8,15-16H2,1-3H3,(H,30,31,32,33);;. The Kier molecular flexibility index (Phi) is 10.2. The number of hydrogen-bond acceptors (Lipinski definition) is 9. The van der Waals surface area contributed by atoms with E-state index in [0.29, 0.717) is 18.8 Å². The smallest absolute Gasteiger partial charge is 0.347 e. The van der Waals surface area contributed by atoms with Crippen LogP contribution in [0.2, 0.25) is 0 Å². The van der Waals surface area contributed by atoms with Gasteiger partial charge in [-0.3, -0.25) is 4.79 Å². The summed E-state index contributed by atoms with van der Waals surface area (Å²) < 4.78 is 5.06. The number of tetrazole rings is 1. The molecule has 13 heteroatoms. The normalized spacial score (nSPS) is 19.4. The maximum atomic E-state index is 13.3. The molecule has 0 spiro atoms. The van der Waals surface area contributed by atoms with Crippen molar-refractivity contribution in [1.82, 2.24) is 30.4 Å². The number of hydrogen-bond donors (Lipinski definition) is 2. The van der Waals surface area contributed by atoms with Gasteiger partial charge in [-0.25, -0.2) is 4.79 Å². The molecule has 1 aromatic heterocycles. The van der Waals surface area contributed by atoms with Gasteiger partial charge in [0, 0.05) is 89.5 Å². The molecular formula is C29H31N7Na2O4. The number of rotatable bonds is 7. The zero-order chi connectivity index (χ0) is 28.0. The van der Waals surface area contributed by atoms with Gasteiger partial charge < -0.3 is 24.5 Å². The number of carbonyl (C=O) groups is 2. The Morgan fingerprint density at radius 1 is 1.07 bits per heavy atom. The van der Waals surface area contributed by atoms with Crippen LogP contribution in [0.3, 0.4) is 0 Å². The molecule has 6 rings (SSSR count). The maximum Gasteiger partial charge on any atom is 0.347 e. The summed E-state index contributed by atoms with van der Waals surface area (Å²) in [7, 11) is 2.06. The summed E-state index contributed by atoms with van der Waals surface area (Å²) in [6.45, 7) is 4.25. The molecule has 208 valence electrons. The second-order valence-electron chi connectivity index (χ2n) is 10.1. The van der Waals surface area contributed by atoms with Crippen LogP contribution >= 0.6 is 0 Å². The molecule has 2 unspecified atom stereocenters. The maximum absolute atomic E-state index is 13.3. The molecule has 0 saturated heterocycles. The van der Waals surface area contributed by atoms with Crippen LogP contribution in [-0.2, 0) is 14.3 Å². The van der Waals surface area contributed by atoms with Crippen molar-refractivity contribution >= 4 is 76.7 Å². The summed E-state index contributed by atoms with van der Waals surface area (Å²) in [5.74, 6) is -0.920. The van der Waals surface area contributed by atoms with E-state index in [4.69, 9.17) is 4.74 Å². The molecule has 11 nitrogen and oxygen atoms in total. The number of carbonyl (C=O) groups excluding carboxylic acids is 2. The molecule has 3 aliphatic heterocycles. The van der Waals surface area contributed by atoms with Crippen molar-refractivity contribution < 1.29 is 19.4 Å². The van der Waals surface area contributed by atoms with E-state index in [-0.39, 0.29) is 83.2 Å². The van der Waals surface area contributed by atoms with Crippen molar-refractivity contribution in [2.24, 2.45) is 0 Å². The third-order valence-electron chi connectivity index (χ3n) is 7.92. The van der Waals surface area contributed by atoms with Crippen molar-refractivity contribution in [1.29, 1.82) is 0 Å². The Morgan fingerprint density at radius 2 is 1.79 bits per heavy atom. The van der Waals surface area contributed by atoms with E-state index in [1.165, 1.54) is 0 Å². The van der Waals surface area contributed by atoms with E-state index in [2.05, 4.69) is 68.7 Å². The molecule has 0 bridgehead atoms. The van der Waals surface area contributed by atoms with Gasteiger partial charge in [-0.05, 0) is 41.8 Å². The monoisotopic (exact) mass is 587 g/mol. The fraction of sp³-hybridized carbons (Fsp3) is 0.345. The number of aromatic amines is 1. The third-order valence-corrected chi connectivity index (χ3v) is 7.92. The van der Waals surface area contributed by atoms with Gasteiger partial charge >= 0.3 is 5.97 Å². The number of H-pyrrole nitrogens is 1. The average Bonchev–Trinajstić information content (AvgIpc) is 3.66. The number of nitrogens with one attached hydrogen (secondary N) is 1. The van der Waals surface area contributed by atoms with Crippen LogP contribution in [-0.4, -0.2) is 139 Å². The number of aromatic nitrogens is 4. The van der Waals surface area contributed by atoms with Crippen LogP contribution in [0.1, 0.15) is 33.1 Å². The summed E-state index contributed by atoms with van der Waals surface area (Å²) in [5.41, 5.74) is 5.72. The molecular weight excluding hydrogens is 556 g/mol. The number of ether oxygens (including phenoxy) is 1. The first-order valence-electron chi connectivity index (χ1n) is 13.5. The van der Waals surface area contributed by atoms with Crippen molar-refractivity contribution in [3.8, 4) is 22.5 Å². The molecule has 0 fully saturated rings. The van der Waals surface area contributed by atoms with Gasteiger partial charge in [-0.1, -0.05) is 49.7 Å². The van der Waals surface area contributed by atoms with E-state index in [0.717, 1.165) is 46.6 Å². The molecule has 2 radical (unpaired) electrons. The van der Waals surface area contributed by atoms with Gasteiger partial charge in [0.25, 0.3) is 5.91 Å². The molecule has 0 saturated carbocycles. The second kappa shape index (κ2) is 13.3. The second-order valence-corrected chi connectivity index (χ2v) is 10.1. The largest absolute Gasteiger partial charge is 0.509 e. The van der Waals surface area contributed by atoms with Crippen LogP contribution in [0.5, 0.6) is 0 Å². The SMILES string of the molecule is CCCC1N(C)C2=C(CN3C(=O)C(C(=O)OCC)=C(O)C3C2)N1c1ccc(-c2ccccc2-c2nn[nH]n2)cc1.[Na].[Na]. The van der Waals surface area contributed by atoms with Crippen molar-refractivity contribution in [2.75, 3.05) is 25.1 Å². The Morgan fingerprint density at radius 3 is 2.43 bits per heavy atom. The third kappa shape index (κ3) is 5.42. The first-order valence-corrected chi connectivity index (χ1v) is 13.5. The molecule has 0 aliphatic carbocycles. The van der Waals surface area contributed by atoms with Crippen LogP contribution in [0.25, 0.3) is 22.5 Å². The number of nitrogens with zero attached hydrogens (tertiary/aromatic N) is 6. The van der Waals surface area contributed by atoms with Crippen molar-refractivity contribution in [3.63, 3.8) is 0 Å². The Labute approximate surface area is 288 Å². The number of esters is 1. The summed E-state index contributed by atoms with van der Waals surface area (Å²) in [6.07, 6.45) is 2.39. The van der Waals surface area contributed by atoms with Crippen LogP contribution in [0.4, 0.5) is 5.69 Å². The van der Waals surface area contributed by atoms with Gasteiger partial charge in [0.2, 0.25) is 5.82 Å². The number of benzene rings is 2. The minimum Gasteiger partial charge on any atom is -0.509 e. The molecule has 2 aromatic carbocycles. The molecule has 2 atom stereocenters. The molecule has 2 N–H and O–H groups in total. The van der Waals surface area contributed by atoms with E-state index in [1.54, 1.807) is 11.8 Å². The number of aliphatic hydroxyl groups is 1. The molecule has 4 heterocycles. The number of anilines is 1. The predicted octanol–water partition coefficient (Wildman–Crippen LogP) is 2.85. The van der Waals surface area contributed by atoms with Crippen molar-refractivity contribution in [3.05, 3.63) is 71.3 Å². The minimum absolute atomic E-state index is 0. The fourth-order valence-corrected chi connectivity index (χ4v) is 6.06. The average molecular weight is 588 g/mol. The summed E-state index contributed by atoms with van der Waals surface area (Å²) in [4.78, 5) is 31.8. The molecule has 3 aliphatic rings. The zero-order valence-corrected chi connectivity index (χ0v) is 28.7. The predicted molar refractivity (Wildman–Crippen MR) is 159 cm³/mol. The number of fused-ring (bicyclic) bond motifs is 1. The van der Waals surface area contributed by atoms with Crippen LogP contribution < -0.4 is 4.90 Å². The Balaban J connectivity index is 0.00000202. The summed E-state index contributed by atoms with van der Waals surface area (Å²) >= 11 is 0. The van der Waals surface area contributed by atoms with E-state index in [1.807, 2.05) is 24.3 Å². The number of aliphatic hydroxyl groups excluding tert-OH is 1. The topological polar surface area (TPSA) is 128 Å². The number of amides is 1. The first kappa shape index (κ1) is 32.2. The van der Waals surface area contributed by atoms with Gasteiger partial charge in [-0.15, -0.1) is 10.2 Å². The van der Waals surface area contributed by atoms with E-state index >= 15 is 0 Å².